The smallest absolute Gasteiger partial charge is 0.252 e. The Hall–Kier alpha value is -1.84. The molecule has 0 radical (unpaired) electrons. The van der Waals surface area contributed by atoms with E-state index in [0.717, 1.165) is 19.3 Å². The van der Waals surface area contributed by atoms with Gasteiger partial charge in [-0.05, 0) is 37.5 Å². The monoisotopic (exact) mass is 320 g/mol. The number of hydrogen-bond donors (Lipinski definition) is 1. The highest BCUT2D eigenvalue weighted by Crippen LogP contribution is 2.24. The zero-order chi connectivity index (χ0) is 16.2. The minimum atomic E-state index is -3.56. The van der Waals surface area contributed by atoms with Gasteiger partial charge in [0.1, 0.15) is 0 Å². The van der Waals surface area contributed by atoms with Crippen molar-refractivity contribution in [2.45, 2.75) is 31.1 Å². The van der Waals surface area contributed by atoms with Crippen molar-refractivity contribution in [3.8, 4) is 12.3 Å². The fourth-order valence-corrected chi connectivity index (χ4v) is 4.26. The van der Waals surface area contributed by atoms with E-state index < -0.39 is 10.0 Å². The maximum Gasteiger partial charge on any atom is 0.252 e. The predicted molar refractivity (Wildman–Crippen MR) is 85.0 cm³/mol. The Balaban J connectivity index is 2.33. The molecule has 118 valence electrons. The number of aryl methyl sites for hydroxylation is 1. The van der Waals surface area contributed by atoms with Gasteiger partial charge in [0.2, 0.25) is 10.0 Å². The van der Waals surface area contributed by atoms with Crippen molar-refractivity contribution in [3.05, 3.63) is 29.3 Å². The lowest BCUT2D eigenvalue weighted by molar-refractivity contribution is 0.0958. The molecule has 2 rings (SSSR count). The first-order valence-electron chi connectivity index (χ1n) is 7.29. The van der Waals surface area contributed by atoms with Crippen molar-refractivity contribution in [1.29, 1.82) is 0 Å². The summed E-state index contributed by atoms with van der Waals surface area (Å²) >= 11 is 0. The second-order valence-corrected chi connectivity index (χ2v) is 7.24. The summed E-state index contributed by atoms with van der Waals surface area (Å²) in [6.07, 6.45) is 7.91. The van der Waals surface area contributed by atoms with Crippen LogP contribution in [0.5, 0.6) is 0 Å². The summed E-state index contributed by atoms with van der Waals surface area (Å²) in [6.45, 7) is 2.92. The number of hydrogen-bond acceptors (Lipinski definition) is 3. The number of rotatable bonds is 4. The number of amides is 1. The Bertz CT molecular complexity index is 699. The summed E-state index contributed by atoms with van der Waals surface area (Å²) in [5.41, 5.74) is 0.940. The van der Waals surface area contributed by atoms with Crippen LogP contribution in [-0.4, -0.2) is 38.3 Å². The molecule has 0 aromatic heterocycles. The third kappa shape index (κ3) is 3.49. The molecule has 0 bridgehead atoms. The van der Waals surface area contributed by atoms with Gasteiger partial charge in [-0.1, -0.05) is 18.4 Å². The number of nitrogens with one attached hydrogen (secondary N) is 1. The second kappa shape index (κ2) is 6.95. The number of terminal acetylenes is 1. The molecule has 0 atom stereocenters. The Labute approximate surface area is 131 Å². The summed E-state index contributed by atoms with van der Waals surface area (Å²) in [7, 11) is -3.56. The molecule has 0 unspecified atom stereocenters. The van der Waals surface area contributed by atoms with Crippen LogP contribution in [0.1, 0.15) is 35.2 Å². The highest BCUT2D eigenvalue weighted by atomic mass is 32.2. The molecule has 5 nitrogen and oxygen atoms in total. The van der Waals surface area contributed by atoms with E-state index in [2.05, 4.69) is 11.2 Å². The molecule has 1 aromatic rings. The molecule has 1 amide bonds. The molecule has 1 N–H and O–H groups in total. The fraction of sp³-hybridized carbons (Fsp3) is 0.438. The molecule has 1 aromatic carbocycles. The Kier molecular flexibility index (Phi) is 5.22. The Morgan fingerprint density at radius 2 is 2.00 bits per heavy atom. The van der Waals surface area contributed by atoms with Gasteiger partial charge < -0.3 is 5.32 Å². The first-order valence-corrected chi connectivity index (χ1v) is 8.73. The predicted octanol–water partition coefficient (Wildman–Crippen LogP) is 1.53. The van der Waals surface area contributed by atoms with E-state index in [1.165, 1.54) is 10.4 Å². The third-order valence-electron chi connectivity index (χ3n) is 3.73. The molecular formula is C16H20N2O3S. The van der Waals surface area contributed by atoms with Crippen molar-refractivity contribution in [3.63, 3.8) is 0 Å². The Morgan fingerprint density at radius 3 is 2.64 bits per heavy atom. The lowest BCUT2D eigenvalue weighted by Crippen LogP contribution is -2.36. The van der Waals surface area contributed by atoms with Crippen LogP contribution in [-0.2, 0) is 10.0 Å². The molecule has 1 aliphatic heterocycles. The summed E-state index contributed by atoms with van der Waals surface area (Å²) < 4.78 is 27.0. The molecule has 0 saturated carbocycles. The van der Waals surface area contributed by atoms with Crippen LogP contribution in [0, 0.1) is 19.3 Å². The van der Waals surface area contributed by atoms with Crippen molar-refractivity contribution >= 4 is 15.9 Å². The number of sulfonamides is 1. The summed E-state index contributed by atoms with van der Waals surface area (Å²) in [4.78, 5) is 12.2. The third-order valence-corrected chi connectivity index (χ3v) is 5.77. The highest BCUT2D eigenvalue weighted by Gasteiger charge is 2.28. The number of nitrogens with zero attached hydrogens (tertiary/aromatic N) is 1. The largest absolute Gasteiger partial charge is 0.341 e. The average Bonchev–Trinajstić information content (AvgIpc) is 2.53. The van der Waals surface area contributed by atoms with Gasteiger partial charge in [0.05, 0.1) is 11.4 Å². The quantitative estimate of drug-likeness (QED) is 0.856. The van der Waals surface area contributed by atoms with Gasteiger partial charge >= 0.3 is 0 Å². The molecular weight excluding hydrogens is 300 g/mol. The summed E-state index contributed by atoms with van der Waals surface area (Å²) in [6, 6.07) is 4.70. The standard InChI is InChI=1S/C16H20N2O3S/c1-3-9-17-16(19)14-8-7-13(2)15(12-14)22(20,21)18-10-5-4-6-11-18/h1,7-8,12H,4-6,9-11H2,2H3,(H,17,19). The van der Waals surface area contributed by atoms with Gasteiger partial charge in [-0.3, -0.25) is 4.79 Å². The fourth-order valence-electron chi connectivity index (χ4n) is 2.50. The van der Waals surface area contributed by atoms with Crippen LogP contribution in [0.3, 0.4) is 0 Å². The number of piperidine rings is 1. The van der Waals surface area contributed by atoms with Crippen LogP contribution in [0.25, 0.3) is 0 Å². The van der Waals surface area contributed by atoms with Crippen LogP contribution in [0.4, 0.5) is 0 Å². The van der Waals surface area contributed by atoms with E-state index in [1.54, 1.807) is 19.1 Å². The van der Waals surface area contributed by atoms with Crippen LogP contribution in [0.15, 0.2) is 23.1 Å². The van der Waals surface area contributed by atoms with E-state index in [-0.39, 0.29) is 17.3 Å². The van der Waals surface area contributed by atoms with E-state index >= 15 is 0 Å². The summed E-state index contributed by atoms with van der Waals surface area (Å²) in [5.74, 6) is 1.95. The molecule has 6 heteroatoms. The second-order valence-electron chi connectivity index (χ2n) is 5.33. The van der Waals surface area contributed by atoms with Gasteiger partial charge in [-0.15, -0.1) is 6.42 Å². The van der Waals surface area contributed by atoms with Gasteiger partial charge in [0.25, 0.3) is 5.91 Å². The van der Waals surface area contributed by atoms with Gasteiger partial charge in [0.15, 0.2) is 0 Å². The van der Waals surface area contributed by atoms with Gasteiger partial charge in [-0.2, -0.15) is 4.31 Å². The maximum absolute atomic E-state index is 12.8. The molecule has 1 fully saturated rings. The molecule has 1 heterocycles. The minimum absolute atomic E-state index is 0.112. The summed E-state index contributed by atoms with van der Waals surface area (Å²) in [5, 5.41) is 2.54. The average molecular weight is 320 g/mol. The lowest BCUT2D eigenvalue weighted by Gasteiger charge is -2.26. The van der Waals surface area contributed by atoms with E-state index in [0.29, 0.717) is 24.2 Å². The van der Waals surface area contributed by atoms with Crippen molar-refractivity contribution in [2.75, 3.05) is 19.6 Å². The van der Waals surface area contributed by atoms with Gasteiger partial charge in [0, 0.05) is 18.7 Å². The van der Waals surface area contributed by atoms with Crippen molar-refractivity contribution in [2.24, 2.45) is 0 Å². The first-order chi connectivity index (χ1) is 10.5. The van der Waals surface area contributed by atoms with Crippen molar-refractivity contribution in [1.82, 2.24) is 9.62 Å². The number of carbonyl (C=O) groups is 1. The minimum Gasteiger partial charge on any atom is -0.341 e. The SMILES string of the molecule is C#CCNC(=O)c1ccc(C)c(S(=O)(=O)N2CCCCC2)c1. The van der Waals surface area contributed by atoms with Crippen LogP contribution < -0.4 is 5.32 Å². The molecule has 22 heavy (non-hydrogen) atoms. The van der Waals surface area contributed by atoms with Gasteiger partial charge in [-0.25, -0.2) is 8.42 Å². The van der Waals surface area contributed by atoms with E-state index in [9.17, 15) is 13.2 Å². The number of benzene rings is 1. The zero-order valence-electron chi connectivity index (χ0n) is 12.6. The van der Waals surface area contributed by atoms with E-state index in [1.807, 2.05) is 0 Å². The lowest BCUT2D eigenvalue weighted by atomic mass is 10.1. The van der Waals surface area contributed by atoms with Crippen LogP contribution in [0.2, 0.25) is 0 Å². The van der Waals surface area contributed by atoms with Crippen LogP contribution >= 0.6 is 0 Å². The first kappa shape index (κ1) is 16.5. The normalized spacial score (nSPS) is 16.0. The van der Waals surface area contributed by atoms with Crippen molar-refractivity contribution < 1.29 is 13.2 Å². The molecule has 0 aliphatic carbocycles. The number of carbonyl (C=O) groups excluding carboxylic acids is 1. The Morgan fingerprint density at radius 1 is 1.32 bits per heavy atom. The van der Waals surface area contributed by atoms with E-state index in [4.69, 9.17) is 6.42 Å². The molecule has 1 saturated heterocycles. The maximum atomic E-state index is 12.8. The molecule has 1 aliphatic rings. The molecule has 0 spiro atoms. The topological polar surface area (TPSA) is 66.5 Å². The zero-order valence-corrected chi connectivity index (χ0v) is 13.4. The highest BCUT2D eigenvalue weighted by molar-refractivity contribution is 7.89.